The second-order valence-corrected chi connectivity index (χ2v) is 6.98. The number of piperidine rings is 1. The molecule has 0 N–H and O–H groups in total. The van der Waals surface area contributed by atoms with Gasteiger partial charge in [0.1, 0.15) is 18.5 Å². The Hall–Kier alpha value is -2.43. The number of halogens is 2. The molecule has 0 bridgehead atoms. The smallest absolute Gasteiger partial charge is 0.278 e. The zero-order chi connectivity index (χ0) is 19.8. The van der Waals surface area contributed by atoms with Gasteiger partial charge in [-0.2, -0.15) is 5.26 Å². The van der Waals surface area contributed by atoms with Gasteiger partial charge in [0.25, 0.3) is 11.8 Å². The first-order valence-corrected chi connectivity index (χ1v) is 9.68. The Labute approximate surface area is 168 Å². The van der Waals surface area contributed by atoms with Crippen LogP contribution in [0.3, 0.4) is 0 Å². The molecule has 1 aromatic heterocycles. The van der Waals surface area contributed by atoms with Crippen molar-refractivity contribution < 1.29 is 13.9 Å². The second-order valence-electron chi connectivity index (χ2n) is 6.58. The van der Waals surface area contributed by atoms with E-state index in [1.807, 2.05) is 0 Å². The molecule has 0 spiro atoms. The maximum atomic E-state index is 13.9. The lowest BCUT2D eigenvalue weighted by Gasteiger charge is -2.31. The Kier molecular flexibility index (Phi) is 7.40. The highest BCUT2D eigenvalue weighted by Gasteiger charge is 2.22. The predicted molar refractivity (Wildman–Crippen MR) is 103 cm³/mol. The van der Waals surface area contributed by atoms with E-state index in [2.05, 4.69) is 20.9 Å². The highest BCUT2D eigenvalue weighted by Crippen LogP contribution is 2.27. The minimum absolute atomic E-state index is 0.0170. The first kappa shape index (κ1) is 20.3. The standard InChI is InChI=1S/C20H22ClFN4O2/c21-17-4-3-5-18(22)16(17)14-27-19-20(25-10-9-24-19)28-15-6-12-26(13-7-15)11-2-1-8-23/h3-5,9-10,15H,1-2,6-7,11-14H2. The molecule has 6 nitrogen and oxygen atoms in total. The summed E-state index contributed by atoms with van der Waals surface area (Å²) < 4.78 is 25.6. The Morgan fingerprint density at radius 1 is 1.21 bits per heavy atom. The molecule has 1 aliphatic heterocycles. The molecule has 2 heterocycles. The van der Waals surface area contributed by atoms with Crippen molar-refractivity contribution in [1.82, 2.24) is 14.9 Å². The summed E-state index contributed by atoms with van der Waals surface area (Å²) in [5.41, 5.74) is 0.270. The minimum atomic E-state index is -0.428. The molecular weight excluding hydrogens is 383 g/mol. The van der Waals surface area contributed by atoms with Crippen molar-refractivity contribution in [2.45, 2.75) is 38.4 Å². The van der Waals surface area contributed by atoms with Crippen LogP contribution in [0.5, 0.6) is 11.8 Å². The Morgan fingerprint density at radius 2 is 1.96 bits per heavy atom. The monoisotopic (exact) mass is 404 g/mol. The zero-order valence-corrected chi connectivity index (χ0v) is 16.2. The van der Waals surface area contributed by atoms with Crippen LogP contribution in [0.2, 0.25) is 5.02 Å². The number of likely N-dealkylation sites (tertiary alicyclic amines) is 1. The van der Waals surface area contributed by atoms with Crippen LogP contribution >= 0.6 is 11.6 Å². The molecule has 1 aromatic carbocycles. The molecule has 0 radical (unpaired) electrons. The van der Waals surface area contributed by atoms with Crippen LogP contribution in [0.4, 0.5) is 4.39 Å². The highest BCUT2D eigenvalue weighted by molar-refractivity contribution is 6.31. The van der Waals surface area contributed by atoms with Gasteiger partial charge in [0.15, 0.2) is 0 Å². The van der Waals surface area contributed by atoms with E-state index < -0.39 is 5.82 Å². The molecule has 0 saturated carbocycles. The molecule has 148 valence electrons. The molecule has 0 atom stereocenters. The van der Waals surface area contributed by atoms with E-state index >= 15 is 0 Å². The average Bonchev–Trinajstić information content (AvgIpc) is 2.70. The van der Waals surface area contributed by atoms with E-state index in [0.29, 0.717) is 17.3 Å². The zero-order valence-electron chi connectivity index (χ0n) is 15.5. The Bertz CT molecular complexity index is 802. The van der Waals surface area contributed by atoms with Crippen molar-refractivity contribution in [3.63, 3.8) is 0 Å². The van der Waals surface area contributed by atoms with E-state index in [1.54, 1.807) is 12.1 Å². The molecule has 0 unspecified atom stereocenters. The van der Waals surface area contributed by atoms with Gasteiger partial charge in [0.05, 0.1) is 11.1 Å². The molecule has 0 amide bonds. The summed E-state index contributed by atoms with van der Waals surface area (Å²) in [6, 6.07) is 6.67. The molecular formula is C20H22ClFN4O2. The van der Waals surface area contributed by atoms with Gasteiger partial charge >= 0.3 is 0 Å². The lowest BCUT2D eigenvalue weighted by Crippen LogP contribution is -2.38. The highest BCUT2D eigenvalue weighted by atomic mass is 35.5. The van der Waals surface area contributed by atoms with Gasteiger partial charge in [0.2, 0.25) is 0 Å². The largest absolute Gasteiger partial charge is 0.470 e. The number of nitriles is 1. The van der Waals surface area contributed by atoms with Gasteiger partial charge in [0, 0.05) is 37.5 Å². The molecule has 2 aromatic rings. The third-order valence-electron chi connectivity index (χ3n) is 4.62. The van der Waals surface area contributed by atoms with Crippen molar-refractivity contribution in [1.29, 1.82) is 5.26 Å². The molecule has 8 heteroatoms. The van der Waals surface area contributed by atoms with Crippen LogP contribution in [0, 0.1) is 17.1 Å². The lowest BCUT2D eigenvalue weighted by molar-refractivity contribution is 0.0912. The van der Waals surface area contributed by atoms with E-state index in [0.717, 1.165) is 38.9 Å². The van der Waals surface area contributed by atoms with Gasteiger partial charge in [-0.3, -0.25) is 0 Å². The lowest BCUT2D eigenvalue weighted by atomic mass is 10.1. The van der Waals surface area contributed by atoms with Gasteiger partial charge in [-0.15, -0.1) is 0 Å². The fourth-order valence-corrected chi connectivity index (χ4v) is 3.31. The molecule has 0 aliphatic carbocycles. The number of hydrogen-bond acceptors (Lipinski definition) is 6. The van der Waals surface area contributed by atoms with Gasteiger partial charge < -0.3 is 14.4 Å². The number of aromatic nitrogens is 2. The van der Waals surface area contributed by atoms with Crippen LogP contribution in [0.15, 0.2) is 30.6 Å². The number of hydrogen-bond donors (Lipinski definition) is 0. The summed E-state index contributed by atoms with van der Waals surface area (Å²) in [4.78, 5) is 10.7. The normalized spacial score (nSPS) is 15.2. The number of ether oxygens (including phenoxy) is 2. The van der Waals surface area contributed by atoms with Crippen molar-refractivity contribution in [3.8, 4) is 17.8 Å². The first-order valence-electron chi connectivity index (χ1n) is 9.30. The third-order valence-corrected chi connectivity index (χ3v) is 4.98. The number of nitrogens with zero attached hydrogens (tertiary/aromatic N) is 4. The fourth-order valence-electron chi connectivity index (χ4n) is 3.09. The maximum absolute atomic E-state index is 13.9. The molecule has 3 rings (SSSR count). The van der Waals surface area contributed by atoms with Gasteiger partial charge in [-0.1, -0.05) is 17.7 Å². The summed E-state index contributed by atoms with van der Waals surface area (Å²) in [6.45, 7) is 2.70. The number of rotatable bonds is 8. The summed E-state index contributed by atoms with van der Waals surface area (Å²) >= 11 is 6.04. The fraction of sp³-hybridized carbons (Fsp3) is 0.450. The van der Waals surface area contributed by atoms with Crippen LogP contribution < -0.4 is 9.47 Å². The van der Waals surface area contributed by atoms with E-state index in [9.17, 15) is 4.39 Å². The number of benzene rings is 1. The Balaban J connectivity index is 1.55. The molecule has 1 saturated heterocycles. The minimum Gasteiger partial charge on any atom is -0.470 e. The van der Waals surface area contributed by atoms with Crippen molar-refractivity contribution in [2.24, 2.45) is 0 Å². The van der Waals surface area contributed by atoms with E-state index in [-0.39, 0.29) is 24.2 Å². The predicted octanol–water partition coefficient (Wildman–Crippen LogP) is 4.00. The van der Waals surface area contributed by atoms with Gasteiger partial charge in [-0.05, 0) is 37.9 Å². The van der Waals surface area contributed by atoms with Crippen LogP contribution in [0.25, 0.3) is 0 Å². The van der Waals surface area contributed by atoms with Crippen LogP contribution in [-0.4, -0.2) is 40.6 Å². The van der Waals surface area contributed by atoms with E-state index in [1.165, 1.54) is 18.5 Å². The van der Waals surface area contributed by atoms with Crippen molar-refractivity contribution in [2.75, 3.05) is 19.6 Å². The molecule has 28 heavy (non-hydrogen) atoms. The van der Waals surface area contributed by atoms with Crippen molar-refractivity contribution >= 4 is 11.6 Å². The second kappa shape index (κ2) is 10.2. The van der Waals surface area contributed by atoms with E-state index in [4.69, 9.17) is 26.3 Å². The van der Waals surface area contributed by atoms with Crippen molar-refractivity contribution in [3.05, 3.63) is 47.0 Å². The average molecular weight is 405 g/mol. The topological polar surface area (TPSA) is 71.3 Å². The van der Waals surface area contributed by atoms with Crippen LogP contribution in [0.1, 0.15) is 31.2 Å². The quantitative estimate of drug-likeness (QED) is 0.619. The van der Waals surface area contributed by atoms with Gasteiger partial charge in [-0.25, -0.2) is 14.4 Å². The Morgan fingerprint density at radius 3 is 2.68 bits per heavy atom. The first-order chi connectivity index (χ1) is 13.7. The summed E-state index contributed by atoms with van der Waals surface area (Å²) in [7, 11) is 0. The molecule has 1 aliphatic rings. The van der Waals surface area contributed by atoms with Crippen LogP contribution in [-0.2, 0) is 6.61 Å². The summed E-state index contributed by atoms with van der Waals surface area (Å²) in [5, 5.41) is 8.93. The third kappa shape index (κ3) is 5.54. The summed E-state index contributed by atoms with van der Waals surface area (Å²) in [5.74, 6) is 0.0961. The molecule has 1 fully saturated rings. The maximum Gasteiger partial charge on any atom is 0.278 e. The summed E-state index contributed by atoms with van der Waals surface area (Å²) in [6.07, 6.45) is 6.26. The SMILES string of the molecule is N#CCCCN1CCC(Oc2nccnc2OCc2c(F)cccc2Cl)CC1. The number of unbranched alkanes of at least 4 members (excludes halogenated alkanes) is 1.